The van der Waals surface area contributed by atoms with Crippen molar-refractivity contribution < 1.29 is 9.18 Å². The van der Waals surface area contributed by atoms with Gasteiger partial charge in [-0.05, 0) is 48.0 Å². The standard InChI is InChI=1S/C22H16ClFN2OS/c23-20-18-3-1-2-4-19(18)28-21(20)22(27)26(17-11-7-15(24)8-12-17)16-9-5-14(13-25)6-10-16/h1-12H,13,25H2. The molecular formula is C22H16ClFN2OS. The monoisotopic (exact) mass is 410 g/mol. The van der Waals surface area contributed by atoms with Gasteiger partial charge in [0.05, 0.1) is 5.02 Å². The van der Waals surface area contributed by atoms with Gasteiger partial charge in [0.25, 0.3) is 5.91 Å². The number of nitrogens with two attached hydrogens (primary N) is 1. The highest BCUT2D eigenvalue weighted by Gasteiger charge is 2.25. The quantitative estimate of drug-likeness (QED) is 0.439. The Morgan fingerprint density at radius 2 is 1.57 bits per heavy atom. The van der Waals surface area contributed by atoms with Crippen LogP contribution in [0, 0.1) is 5.82 Å². The summed E-state index contributed by atoms with van der Waals surface area (Å²) in [4.78, 5) is 15.5. The fourth-order valence-electron chi connectivity index (χ4n) is 3.01. The first-order valence-electron chi connectivity index (χ1n) is 8.64. The van der Waals surface area contributed by atoms with Gasteiger partial charge in [-0.1, -0.05) is 41.9 Å². The molecule has 0 spiro atoms. The third-order valence-electron chi connectivity index (χ3n) is 4.45. The summed E-state index contributed by atoms with van der Waals surface area (Å²) in [5, 5.41) is 1.27. The van der Waals surface area contributed by atoms with Crippen molar-refractivity contribution in [3.63, 3.8) is 0 Å². The van der Waals surface area contributed by atoms with Crippen molar-refractivity contribution in [2.75, 3.05) is 4.90 Å². The number of anilines is 2. The molecule has 0 atom stereocenters. The van der Waals surface area contributed by atoms with Crippen LogP contribution in [0.3, 0.4) is 0 Å². The zero-order valence-corrected chi connectivity index (χ0v) is 16.3. The first-order chi connectivity index (χ1) is 13.6. The van der Waals surface area contributed by atoms with Crippen molar-refractivity contribution in [3.8, 4) is 0 Å². The van der Waals surface area contributed by atoms with E-state index >= 15 is 0 Å². The maximum Gasteiger partial charge on any atom is 0.274 e. The minimum Gasteiger partial charge on any atom is -0.326 e. The van der Waals surface area contributed by atoms with E-state index in [-0.39, 0.29) is 11.7 Å². The lowest BCUT2D eigenvalue weighted by Gasteiger charge is -2.23. The molecule has 6 heteroatoms. The van der Waals surface area contributed by atoms with Crippen LogP contribution in [0.15, 0.2) is 72.8 Å². The van der Waals surface area contributed by atoms with Gasteiger partial charge in [0, 0.05) is 28.0 Å². The summed E-state index contributed by atoms with van der Waals surface area (Å²) in [5.41, 5.74) is 7.84. The fourth-order valence-corrected chi connectivity index (χ4v) is 4.45. The summed E-state index contributed by atoms with van der Waals surface area (Å²) >= 11 is 7.87. The van der Waals surface area contributed by atoms with E-state index in [0.717, 1.165) is 15.6 Å². The number of nitrogens with zero attached hydrogens (tertiary/aromatic N) is 1. The Kier molecular flexibility index (Phi) is 5.13. The summed E-state index contributed by atoms with van der Waals surface area (Å²) < 4.78 is 14.4. The van der Waals surface area contributed by atoms with Gasteiger partial charge in [-0.15, -0.1) is 11.3 Å². The summed E-state index contributed by atoms with van der Waals surface area (Å²) in [5.74, 6) is -0.632. The third-order valence-corrected chi connectivity index (χ3v) is 6.11. The number of carbonyl (C=O) groups is 1. The first kappa shape index (κ1) is 18.6. The van der Waals surface area contributed by atoms with Crippen LogP contribution in [0.25, 0.3) is 10.1 Å². The predicted molar refractivity (Wildman–Crippen MR) is 114 cm³/mol. The molecule has 0 bridgehead atoms. The summed E-state index contributed by atoms with van der Waals surface area (Å²) in [7, 11) is 0. The van der Waals surface area contributed by atoms with Gasteiger partial charge < -0.3 is 5.73 Å². The molecular weight excluding hydrogens is 395 g/mol. The Morgan fingerprint density at radius 3 is 2.18 bits per heavy atom. The molecule has 1 heterocycles. The van der Waals surface area contributed by atoms with Crippen LogP contribution < -0.4 is 10.6 Å². The van der Waals surface area contributed by atoms with Crippen LogP contribution in [0.4, 0.5) is 15.8 Å². The molecule has 0 aliphatic heterocycles. The molecule has 3 nitrogen and oxygen atoms in total. The fraction of sp³-hybridized carbons (Fsp3) is 0.0455. The van der Waals surface area contributed by atoms with E-state index in [9.17, 15) is 9.18 Å². The summed E-state index contributed by atoms with van der Waals surface area (Å²) in [6, 6.07) is 20.8. The Hall–Kier alpha value is -2.73. The van der Waals surface area contributed by atoms with Gasteiger partial charge in [0.15, 0.2) is 0 Å². The lowest BCUT2D eigenvalue weighted by atomic mass is 10.1. The molecule has 0 saturated carbocycles. The Morgan fingerprint density at radius 1 is 0.964 bits per heavy atom. The molecule has 0 unspecified atom stereocenters. The zero-order valence-electron chi connectivity index (χ0n) is 14.7. The van der Waals surface area contributed by atoms with Crippen molar-refractivity contribution in [2.24, 2.45) is 5.73 Å². The van der Waals surface area contributed by atoms with E-state index in [1.165, 1.54) is 28.4 Å². The molecule has 0 aliphatic rings. The molecule has 28 heavy (non-hydrogen) atoms. The van der Waals surface area contributed by atoms with Crippen LogP contribution in [-0.4, -0.2) is 5.91 Å². The Balaban J connectivity index is 1.84. The SMILES string of the molecule is NCc1ccc(N(C(=O)c2sc3ccccc3c2Cl)c2ccc(F)cc2)cc1. The minimum atomic E-state index is -0.366. The number of carbonyl (C=O) groups excluding carboxylic acids is 1. The number of thiophene rings is 1. The highest BCUT2D eigenvalue weighted by molar-refractivity contribution is 7.21. The lowest BCUT2D eigenvalue weighted by Crippen LogP contribution is -2.25. The molecule has 1 amide bonds. The van der Waals surface area contributed by atoms with Crippen LogP contribution >= 0.6 is 22.9 Å². The van der Waals surface area contributed by atoms with Crippen molar-refractivity contribution in [1.82, 2.24) is 0 Å². The van der Waals surface area contributed by atoms with E-state index in [1.54, 1.807) is 12.1 Å². The predicted octanol–water partition coefficient (Wildman–Crippen LogP) is 6.13. The highest BCUT2D eigenvalue weighted by Crippen LogP contribution is 2.38. The van der Waals surface area contributed by atoms with Crippen molar-refractivity contribution in [1.29, 1.82) is 0 Å². The lowest BCUT2D eigenvalue weighted by molar-refractivity contribution is 0.100. The van der Waals surface area contributed by atoms with Crippen LogP contribution in [0.1, 0.15) is 15.2 Å². The van der Waals surface area contributed by atoms with E-state index in [2.05, 4.69) is 0 Å². The van der Waals surface area contributed by atoms with Crippen LogP contribution in [0.2, 0.25) is 5.02 Å². The van der Waals surface area contributed by atoms with Gasteiger partial charge >= 0.3 is 0 Å². The number of fused-ring (bicyclic) bond motifs is 1. The van der Waals surface area contributed by atoms with Gasteiger partial charge in [-0.3, -0.25) is 9.69 Å². The normalized spacial score (nSPS) is 11.0. The Bertz CT molecular complexity index is 1140. The highest BCUT2D eigenvalue weighted by atomic mass is 35.5. The van der Waals surface area contributed by atoms with Crippen molar-refractivity contribution >= 4 is 50.3 Å². The smallest absolute Gasteiger partial charge is 0.274 e. The van der Waals surface area contributed by atoms with E-state index in [1.807, 2.05) is 48.5 Å². The number of hydrogen-bond donors (Lipinski definition) is 1. The van der Waals surface area contributed by atoms with Crippen molar-refractivity contribution in [2.45, 2.75) is 6.54 Å². The largest absolute Gasteiger partial charge is 0.326 e. The zero-order chi connectivity index (χ0) is 19.7. The molecule has 4 aromatic rings. The first-order valence-corrected chi connectivity index (χ1v) is 9.84. The molecule has 0 radical (unpaired) electrons. The second-order valence-electron chi connectivity index (χ2n) is 6.23. The summed E-state index contributed by atoms with van der Waals surface area (Å²) in [6.07, 6.45) is 0. The average Bonchev–Trinajstić information content (AvgIpc) is 3.07. The van der Waals surface area contributed by atoms with Crippen molar-refractivity contribution in [3.05, 3.63) is 94.1 Å². The molecule has 2 N–H and O–H groups in total. The Labute approximate surface area is 170 Å². The second kappa shape index (κ2) is 7.72. The third kappa shape index (κ3) is 3.40. The molecule has 3 aromatic carbocycles. The molecule has 4 rings (SSSR count). The van der Waals surface area contributed by atoms with Crippen LogP contribution in [-0.2, 0) is 6.54 Å². The topological polar surface area (TPSA) is 46.3 Å². The average molecular weight is 411 g/mol. The van der Waals surface area contributed by atoms with E-state index < -0.39 is 0 Å². The van der Waals surface area contributed by atoms with E-state index in [0.29, 0.717) is 27.8 Å². The molecule has 0 saturated heterocycles. The van der Waals surface area contributed by atoms with Gasteiger partial charge in [-0.25, -0.2) is 4.39 Å². The maximum atomic E-state index is 13.5. The number of benzene rings is 3. The second-order valence-corrected chi connectivity index (χ2v) is 7.66. The molecule has 140 valence electrons. The van der Waals surface area contributed by atoms with Gasteiger partial charge in [-0.2, -0.15) is 0 Å². The number of amides is 1. The van der Waals surface area contributed by atoms with Gasteiger partial charge in [0.2, 0.25) is 0 Å². The molecule has 1 aromatic heterocycles. The summed E-state index contributed by atoms with van der Waals surface area (Å²) in [6.45, 7) is 0.410. The minimum absolute atomic E-state index is 0.265. The molecule has 0 fully saturated rings. The van der Waals surface area contributed by atoms with Crippen LogP contribution in [0.5, 0.6) is 0 Å². The van der Waals surface area contributed by atoms with E-state index in [4.69, 9.17) is 17.3 Å². The number of rotatable bonds is 4. The number of halogens is 2. The molecule has 0 aliphatic carbocycles. The number of hydrogen-bond acceptors (Lipinski definition) is 3. The maximum absolute atomic E-state index is 13.5. The van der Waals surface area contributed by atoms with Gasteiger partial charge in [0.1, 0.15) is 10.7 Å².